The maximum absolute atomic E-state index is 6.18. The Labute approximate surface area is 111 Å². The predicted molar refractivity (Wildman–Crippen MR) is 76.6 cm³/mol. The fourth-order valence-electron chi connectivity index (χ4n) is 1.83. The molecule has 0 heterocycles. The molecule has 0 saturated heterocycles. The van der Waals surface area contributed by atoms with E-state index in [4.69, 9.17) is 11.6 Å². The Morgan fingerprint density at radius 2 is 1.71 bits per heavy atom. The van der Waals surface area contributed by atoms with E-state index in [-0.39, 0.29) is 0 Å². The summed E-state index contributed by atoms with van der Waals surface area (Å²) in [6.07, 6.45) is 1.06. The molecule has 0 bridgehead atoms. The van der Waals surface area contributed by atoms with Crippen LogP contribution in [0, 0.1) is 11.8 Å². The van der Waals surface area contributed by atoms with Crippen LogP contribution in [-0.2, 0) is 6.42 Å². The molecule has 0 aliphatic rings. The van der Waals surface area contributed by atoms with Gasteiger partial charge in [0.1, 0.15) is 0 Å². The first kappa shape index (κ1) is 14.5. The van der Waals surface area contributed by atoms with Crippen molar-refractivity contribution >= 4 is 11.6 Å². The highest BCUT2D eigenvalue weighted by Gasteiger charge is 2.14. The molecule has 0 radical (unpaired) electrons. The van der Waals surface area contributed by atoms with Gasteiger partial charge in [0.15, 0.2) is 0 Å². The molecule has 2 heteroatoms. The summed E-state index contributed by atoms with van der Waals surface area (Å²) in [5.41, 5.74) is 1.26. The Kier molecular flexibility index (Phi) is 6.01. The molecule has 0 saturated carbocycles. The van der Waals surface area contributed by atoms with E-state index in [1.807, 2.05) is 12.1 Å². The fraction of sp³-hybridized carbons (Fsp3) is 0.600. The Bertz CT molecular complexity index is 335. The number of halogens is 1. The second-order valence-corrected chi connectivity index (χ2v) is 5.72. The molecule has 0 amide bonds. The van der Waals surface area contributed by atoms with Crippen molar-refractivity contribution in [2.75, 3.05) is 6.54 Å². The molecule has 1 rings (SSSR count). The average Bonchev–Trinajstić information content (AvgIpc) is 2.28. The van der Waals surface area contributed by atoms with Gasteiger partial charge < -0.3 is 5.32 Å². The SMILES string of the molecule is CC(C)NCC(C)C(C)Cc1ccccc1Cl. The quantitative estimate of drug-likeness (QED) is 0.803. The lowest BCUT2D eigenvalue weighted by atomic mass is 9.89. The maximum Gasteiger partial charge on any atom is 0.0438 e. The van der Waals surface area contributed by atoms with Crippen molar-refractivity contribution in [1.82, 2.24) is 5.32 Å². The first-order valence-electron chi connectivity index (χ1n) is 6.47. The van der Waals surface area contributed by atoms with E-state index >= 15 is 0 Å². The van der Waals surface area contributed by atoms with Gasteiger partial charge in [-0.2, -0.15) is 0 Å². The minimum Gasteiger partial charge on any atom is -0.314 e. The van der Waals surface area contributed by atoms with Crippen molar-refractivity contribution < 1.29 is 0 Å². The normalized spacial score (nSPS) is 14.9. The topological polar surface area (TPSA) is 12.0 Å². The molecular formula is C15H24ClN. The van der Waals surface area contributed by atoms with Crippen LogP contribution in [0.25, 0.3) is 0 Å². The fourth-order valence-corrected chi connectivity index (χ4v) is 2.05. The molecule has 0 fully saturated rings. The number of benzene rings is 1. The number of nitrogens with one attached hydrogen (secondary N) is 1. The Morgan fingerprint density at radius 1 is 1.06 bits per heavy atom. The zero-order chi connectivity index (χ0) is 12.8. The number of hydrogen-bond acceptors (Lipinski definition) is 1. The van der Waals surface area contributed by atoms with Gasteiger partial charge in [0.05, 0.1) is 0 Å². The van der Waals surface area contributed by atoms with Crippen LogP contribution in [0.4, 0.5) is 0 Å². The number of rotatable bonds is 6. The molecule has 1 aromatic rings. The smallest absolute Gasteiger partial charge is 0.0438 e. The predicted octanol–water partition coefficient (Wildman–Crippen LogP) is 4.15. The molecule has 2 atom stereocenters. The summed E-state index contributed by atoms with van der Waals surface area (Å²) in [7, 11) is 0. The van der Waals surface area contributed by atoms with Crippen LogP contribution in [0.5, 0.6) is 0 Å². The van der Waals surface area contributed by atoms with Gasteiger partial charge in [-0.25, -0.2) is 0 Å². The van der Waals surface area contributed by atoms with Crippen LogP contribution < -0.4 is 5.32 Å². The van der Waals surface area contributed by atoms with Gasteiger partial charge in [-0.1, -0.05) is 57.5 Å². The van der Waals surface area contributed by atoms with Gasteiger partial charge in [-0.3, -0.25) is 0 Å². The van der Waals surface area contributed by atoms with Crippen molar-refractivity contribution in [3.63, 3.8) is 0 Å². The van der Waals surface area contributed by atoms with Crippen molar-refractivity contribution in [2.24, 2.45) is 11.8 Å². The summed E-state index contributed by atoms with van der Waals surface area (Å²) in [5, 5.41) is 4.39. The van der Waals surface area contributed by atoms with E-state index in [2.05, 4.69) is 45.1 Å². The monoisotopic (exact) mass is 253 g/mol. The average molecular weight is 254 g/mol. The first-order valence-corrected chi connectivity index (χ1v) is 6.85. The molecular weight excluding hydrogens is 230 g/mol. The van der Waals surface area contributed by atoms with Gasteiger partial charge in [-0.05, 0) is 36.4 Å². The molecule has 17 heavy (non-hydrogen) atoms. The van der Waals surface area contributed by atoms with Crippen molar-refractivity contribution in [3.05, 3.63) is 34.9 Å². The highest BCUT2D eigenvalue weighted by Crippen LogP contribution is 2.22. The molecule has 1 nitrogen and oxygen atoms in total. The van der Waals surface area contributed by atoms with Crippen LogP contribution >= 0.6 is 11.6 Å². The Morgan fingerprint density at radius 3 is 2.29 bits per heavy atom. The van der Waals surface area contributed by atoms with Crippen molar-refractivity contribution in [1.29, 1.82) is 0 Å². The van der Waals surface area contributed by atoms with Crippen LogP contribution in [0.15, 0.2) is 24.3 Å². The van der Waals surface area contributed by atoms with E-state index in [0.29, 0.717) is 17.9 Å². The molecule has 0 aliphatic heterocycles. The molecule has 0 spiro atoms. The largest absolute Gasteiger partial charge is 0.314 e. The molecule has 0 aliphatic carbocycles. The summed E-state index contributed by atoms with van der Waals surface area (Å²) in [6, 6.07) is 8.71. The third-order valence-corrected chi connectivity index (χ3v) is 3.69. The molecule has 96 valence electrons. The van der Waals surface area contributed by atoms with Crippen LogP contribution in [0.3, 0.4) is 0 Å². The second-order valence-electron chi connectivity index (χ2n) is 5.31. The molecule has 1 N–H and O–H groups in total. The summed E-state index contributed by atoms with van der Waals surface area (Å²) < 4.78 is 0. The second kappa shape index (κ2) is 7.03. The molecule has 0 aromatic heterocycles. The summed E-state index contributed by atoms with van der Waals surface area (Å²) >= 11 is 6.18. The van der Waals surface area contributed by atoms with Crippen LogP contribution in [0.1, 0.15) is 33.3 Å². The maximum atomic E-state index is 6.18. The van der Waals surface area contributed by atoms with Gasteiger partial charge in [-0.15, -0.1) is 0 Å². The van der Waals surface area contributed by atoms with Crippen LogP contribution in [0.2, 0.25) is 5.02 Å². The lowest BCUT2D eigenvalue weighted by molar-refractivity contribution is 0.354. The zero-order valence-corrected chi connectivity index (χ0v) is 12.1. The van der Waals surface area contributed by atoms with E-state index in [9.17, 15) is 0 Å². The third-order valence-electron chi connectivity index (χ3n) is 3.32. The zero-order valence-electron chi connectivity index (χ0n) is 11.3. The minimum atomic E-state index is 0.560. The first-order chi connectivity index (χ1) is 8.00. The van der Waals surface area contributed by atoms with Gasteiger partial charge in [0, 0.05) is 11.1 Å². The lowest BCUT2D eigenvalue weighted by Gasteiger charge is -2.22. The summed E-state index contributed by atoms with van der Waals surface area (Å²) in [5.74, 6) is 1.30. The summed E-state index contributed by atoms with van der Waals surface area (Å²) in [6.45, 7) is 10.0. The highest BCUT2D eigenvalue weighted by molar-refractivity contribution is 6.31. The van der Waals surface area contributed by atoms with E-state index in [1.165, 1.54) is 5.56 Å². The standard InChI is InChI=1S/C15H24ClN/c1-11(2)17-10-13(4)12(3)9-14-7-5-6-8-15(14)16/h5-8,11-13,17H,9-10H2,1-4H3. The minimum absolute atomic E-state index is 0.560. The van der Waals surface area contributed by atoms with E-state index < -0.39 is 0 Å². The van der Waals surface area contributed by atoms with Gasteiger partial charge >= 0.3 is 0 Å². The van der Waals surface area contributed by atoms with Gasteiger partial charge in [0.25, 0.3) is 0 Å². The Hall–Kier alpha value is -0.530. The molecule has 1 aromatic carbocycles. The third kappa shape index (κ3) is 5.10. The highest BCUT2D eigenvalue weighted by atomic mass is 35.5. The lowest BCUT2D eigenvalue weighted by Crippen LogP contribution is -2.31. The molecule has 2 unspecified atom stereocenters. The van der Waals surface area contributed by atoms with E-state index in [0.717, 1.165) is 18.0 Å². The van der Waals surface area contributed by atoms with Crippen LogP contribution in [-0.4, -0.2) is 12.6 Å². The van der Waals surface area contributed by atoms with Crippen molar-refractivity contribution in [3.8, 4) is 0 Å². The summed E-state index contributed by atoms with van der Waals surface area (Å²) in [4.78, 5) is 0. The number of hydrogen-bond donors (Lipinski definition) is 1. The van der Waals surface area contributed by atoms with Crippen molar-refractivity contribution in [2.45, 2.75) is 40.2 Å². The van der Waals surface area contributed by atoms with E-state index in [1.54, 1.807) is 0 Å². The van der Waals surface area contributed by atoms with Gasteiger partial charge in [0.2, 0.25) is 0 Å². The Balaban J connectivity index is 2.48.